The van der Waals surface area contributed by atoms with Gasteiger partial charge in [-0.05, 0) is 37.3 Å². The summed E-state index contributed by atoms with van der Waals surface area (Å²) in [7, 11) is -2.15. The van der Waals surface area contributed by atoms with E-state index >= 15 is 0 Å². The van der Waals surface area contributed by atoms with E-state index in [1.54, 1.807) is 36.3 Å². The Morgan fingerprint density at radius 1 is 1.18 bits per heavy atom. The predicted octanol–water partition coefficient (Wildman–Crippen LogP) is 2.60. The van der Waals surface area contributed by atoms with Crippen molar-refractivity contribution < 1.29 is 17.6 Å². The monoisotopic (exact) mass is 402 g/mol. The van der Waals surface area contributed by atoms with E-state index in [-0.39, 0.29) is 22.7 Å². The SMILES string of the molecule is Cc1ccc(S(=O)(=O)Nc2cc(F)cc(C(=O)NCc3cnn(C)c3)c2)cc1. The number of anilines is 1. The van der Waals surface area contributed by atoms with Gasteiger partial charge in [0.1, 0.15) is 5.82 Å². The second-order valence-corrected chi connectivity index (χ2v) is 8.03. The fourth-order valence-corrected chi connectivity index (χ4v) is 3.60. The normalized spacial score (nSPS) is 11.2. The molecule has 0 saturated heterocycles. The van der Waals surface area contributed by atoms with Gasteiger partial charge in [-0.3, -0.25) is 14.2 Å². The summed E-state index contributed by atoms with van der Waals surface area (Å²) in [4.78, 5) is 12.4. The van der Waals surface area contributed by atoms with Crippen molar-refractivity contribution in [2.75, 3.05) is 4.72 Å². The van der Waals surface area contributed by atoms with Gasteiger partial charge in [0.05, 0.1) is 16.8 Å². The average molecular weight is 402 g/mol. The number of nitrogens with one attached hydrogen (secondary N) is 2. The van der Waals surface area contributed by atoms with E-state index in [0.29, 0.717) is 0 Å². The molecule has 2 aromatic carbocycles. The van der Waals surface area contributed by atoms with E-state index in [2.05, 4.69) is 15.1 Å². The molecule has 0 atom stereocenters. The van der Waals surface area contributed by atoms with E-state index in [0.717, 1.165) is 23.3 Å². The summed E-state index contributed by atoms with van der Waals surface area (Å²) in [5.74, 6) is -1.25. The first-order valence-electron chi connectivity index (χ1n) is 8.39. The van der Waals surface area contributed by atoms with Crippen LogP contribution in [0, 0.1) is 12.7 Å². The first-order valence-corrected chi connectivity index (χ1v) is 9.87. The number of benzene rings is 2. The number of sulfonamides is 1. The van der Waals surface area contributed by atoms with Crippen molar-refractivity contribution in [2.24, 2.45) is 7.05 Å². The molecule has 3 rings (SSSR count). The minimum Gasteiger partial charge on any atom is -0.348 e. The van der Waals surface area contributed by atoms with Crippen molar-refractivity contribution in [1.29, 1.82) is 0 Å². The molecule has 1 amide bonds. The maximum atomic E-state index is 14.0. The van der Waals surface area contributed by atoms with Crippen LogP contribution in [-0.4, -0.2) is 24.1 Å². The molecule has 9 heteroatoms. The lowest BCUT2D eigenvalue weighted by Crippen LogP contribution is -2.23. The van der Waals surface area contributed by atoms with Crippen molar-refractivity contribution in [3.8, 4) is 0 Å². The number of aryl methyl sites for hydroxylation is 2. The van der Waals surface area contributed by atoms with E-state index < -0.39 is 21.7 Å². The highest BCUT2D eigenvalue weighted by atomic mass is 32.2. The molecule has 0 aliphatic carbocycles. The van der Waals surface area contributed by atoms with Gasteiger partial charge < -0.3 is 5.32 Å². The van der Waals surface area contributed by atoms with Crippen molar-refractivity contribution in [3.05, 3.63) is 77.4 Å². The molecule has 0 saturated carbocycles. The van der Waals surface area contributed by atoms with Crippen LogP contribution in [0.1, 0.15) is 21.5 Å². The Morgan fingerprint density at radius 2 is 1.89 bits per heavy atom. The van der Waals surface area contributed by atoms with E-state index in [4.69, 9.17) is 0 Å². The van der Waals surface area contributed by atoms with Crippen LogP contribution < -0.4 is 10.0 Å². The Morgan fingerprint density at radius 3 is 2.54 bits per heavy atom. The molecular weight excluding hydrogens is 383 g/mol. The standard InChI is InChI=1S/C19H19FN4O3S/c1-13-3-5-18(6-4-13)28(26,27)23-17-8-15(7-16(20)9-17)19(25)21-10-14-11-22-24(2)12-14/h3-9,11-12,23H,10H2,1-2H3,(H,21,25). The topological polar surface area (TPSA) is 93.1 Å². The maximum absolute atomic E-state index is 14.0. The lowest BCUT2D eigenvalue weighted by atomic mass is 10.2. The number of amides is 1. The molecule has 28 heavy (non-hydrogen) atoms. The van der Waals surface area contributed by atoms with Crippen LogP contribution in [0.4, 0.5) is 10.1 Å². The molecule has 146 valence electrons. The maximum Gasteiger partial charge on any atom is 0.261 e. The van der Waals surface area contributed by atoms with Crippen LogP contribution in [0.2, 0.25) is 0 Å². The molecular formula is C19H19FN4O3S. The zero-order valence-electron chi connectivity index (χ0n) is 15.3. The van der Waals surface area contributed by atoms with Gasteiger partial charge in [-0.2, -0.15) is 5.10 Å². The summed E-state index contributed by atoms with van der Waals surface area (Å²) in [6.07, 6.45) is 3.35. The molecule has 0 spiro atoms. The summed E-state index contributed by atoms with van der Waals surface area (Å²) < 4.78 is 42.8. The molecule has 7 nitrogen and oxygen atoms in total. The molecule has 0 aliphatic heterocycles. The predicted molar refractivity (Wildman–Crippen MR) is 103 cm³/mol. The molecule has 0 bridgehead atoms. The number of hydrogen-bond acceptors (Lipinski definition) is 4. The third-order valence-corrected chi connectivity index (χ3v) is 5.35. The van der Waals surface area contributed by atoms with Gasteiger partial charge >= 0.3 is 0 Å². The van der Waals surface area contributed by atoms with Crippen LogP contribution >= 0.6 is 0 Å². The highest BCUT2D eigenvalue weighted by molar-refractivity contribution is 7.92. The molecule has 0 radical (unpaired) electrons. The lowest BCUT2D eigenvalue weighted by molar-refractivity contribution is 0.0950. The largest absolute Gasteiger partial charge is 0.348 e. The minimum atomic E-state index is -3.90. The Hall–Kier alpha value is -3.20. The number of rotatable bonds is 6. The van der Waals surface area contributed by atoms with Gasteiger partial charge in [0, 0.05) is 30.9 Å². The highest BCUT2D eigenvalue weighted by Gasteiger charge is 2.16. The fourth-order valence-electron chi connectivity index (χ4n) is 2.56. The number of halogens is 1. The molecule has 2 N–H and O–H groups in total. The van der Waals surface area contributed by atoms with E-state index in [1.165, 1.54) is 18.2 Å². The van der Waals surface area contributed by atoms with Crippen LogP contribution in [0.25, 0.3) is 0 Å². The third-order valence-electron chi connectivity index (χ3n) is 3.95. The lowest BCUT2D eigenvalue weighted by Gasteiger charge is -2.10. The zero-order chi connectivity index (χ0) is 20.3. The Bertz CT molecular complexity index is 1110. The van der Waals surface area contributed by atoms with Gasteiger partial charge in [0.2, 0.25) is 0 Å². The summed E-state index contributed by atoms with van der Waals surface area (Å²) >= 11 is 0. The average Bonchev–Trinajstić information content (AvgIpc) is 3.04. The van der Waals surface area contributed by atoms with Gasteiger partial charge in [0.15, 0.2) is 0 Å². The van der Waals surface area contributed by atoms with Gasteiger partial charge in [-0.1, -0.05) is 17.7 Å². The molecule has 0 aliphatic rings. The molecule has 1 heterocycles. The van der Waals surface area contributed by atoms with Gasteiger partial charge in [-0.25, -0.2) is 12.8 Å². The number of carbonyl (C=O) groups excluding carboxylic acids is 1. The van der Waals surface area contributed by atoms with Crippen LogP contribution in [-0.2, 0) is 23.6 Å². The molecule has 3 aromatic rings. The van der Waals surface area contributed by atoms with E-state index in [9.17, 15) is 17.6 Å². The summed E-state index contributed by atoms with van der Waals surface area (Å²) in [6, 6.07) is 9.59. The number of hydrogen-bond donors (Lipinski definition) is 2. The summed E-state index contributed by atoms with van der Waals surface area (Å²) in [5, 5.41) is 6.65. The van der Waals surface area contributed by atoms with Crippen molar-refractivity contribution in [3.63, 3.8) is 0 Å². The van der Waals surface area contributed by atoms with Gasteiger partial charge in [-0.15, -0.1) is 0 Å². The van der Waals surface area contributed by atoms with Crippen LogP contribution in [0.5, 0.6) is 0 Å². The first-order chi connectivity index (χ1) is 13.2. The quantitative estimate of drug-likeness (QED) is 0.663. The summed E-state index contributed by atoms with van der Waals surface area (Å²) in [6.45, 7) is 2.06. The smallest absolute Gasteiger partial charge is 0.261 e. The molecule has 0 fully saturated rings. The Labute approximate surface area is 162 Å². The Kier molecular flexibility index (Phi) is 5.46. The molecule has 0 unspecified atom stereocenters. The third kappa shape index (κ3) is 4.74. The molecule has 1 aromatic heterocycles. The van der Waals surface area contributed by atoms with Crippen molar-refractivity contribution >= 4 is 21.6 Å². The van der Waals surface area contributed by atoms with Crippen molar-refractivity contribution in [2.45, 2.75) is 18.4 Å². The highest BCUT2D eigenvalue weighted by Crippen LogP contribution is 2.19. The van der Waals surface area contributed by atoms with Crippen LogP contribution in [0.3, 0.4) is 0 Å². The number of aromatic nitrogens is 2. The Balaban J connectivity index is 1.77. The summed E-state index contributed by atoms with van der Waals surface area (Å²) in [5.41, 5.74) is 1.67. The first kappa shape index (κ1) is 19.6. The van der Waals surface area contributed by atoms with Crippen LogP contribution in [0.15, 0.2) is 59.8 Å². The zero-order valence-corrected chi connectivity index (χ0v) is 16.1. The van der Waals surface area contributed by atoms with E-state index in [1.807, 2.05) is 6.92 Å². The number of nitrogens with zero attached hydrogens (tertiary/aromatic N) is 2. The minimum absolute atomic E-state index is 0.00509. The second-order valence-electron chi connectivity index (χ2n) is 6.35. The van der Waals surface area contributed by atoms with Gasteiger partial charge in [0.25, 0.3) is 15.9 Å². The van der Waals surface area contributed by atoms with Crippen molar-refractivity contribution in [1.82, 2.24) is 15.1 Å². The number of carbonyl (C=O) groups is 1. The fraction of sp³-hybridized carbons (Fsp3) is 0.158. The second kappa shape index (κ2) is 7.81.